The Morgan fingerprint density at radius 2 is 1.82 bits per heavy atom. The number of imide groups is 1. The van der Waals surface area contributed by atoms with Crippen LogP contribution in [0.2, 0.25) is 0 Å². The Labute approximate surface area is 191 Å². The van der Waals surface area contributed by atoms with Crippen LogP contribution in [0.25, 0.3) is 10.9 Å². The molecule has 1 atom stereocenters. The molecule has 1 unspecified atom stereocenters. The van der Waals surface area contributed by atoms with Crippen molar-refractivity contribution in [1.29, 1.82) is 0 Å². The Kier molecular flexibility index (Phi) is 5.94. The first-order chi connectivity index (χ1) is 15.7. The third-order valence-electron chi connectivity index (χ3n) is 5.51. The van der Waals surface area contributed by atoms with E-state index in [1.807, 2.05) is 37.3 Å². The van der Waals surface area contributed by atoms with Crippen molar-refractivity contribution in [3.63, 3.8) is 0 Å². The van der Waals surface area contributed by atoms with Crippen molar-refractivity contribution in [3.8, 4) is 5.75 Å². The maximum Gasteiger partial charge on any atom is 0.322 e. The number of ether oxygens (including phenoxy) is 1. The highest BCUT2D eigenvalue weighted by Gasteiger charge is 2.47. The van der Waals surface area contributed by atoms with Crippen molar-refractivity contribution in [2.45, 2.75) is 32.4 Å². The summed E-state index contributed by atoms with van der Waals surface area (Å²) in [7, 11) is -3.92. The summed E-state index contributed by atoms with van der Waals surface area (Å²) in [5.74, 6) is -0.646. The maximum absolute atomic E-state index is 12.6. The molecule has 9 nitrogen and oxygen atoms in total. The quantitative estimate of drug-likeness (QED) is 0.437. The number of para-hydroxylation sites is 1. The third-order valence-corrected chi connectivity index (χ3v) is 6.93. The van der Waals surface area contributed by atoms with Gasteiger partial charge in [-0.3, -0.25) is 19.8 Å². The molecule has 2 aromatic carbocycles. The second-order valence-electron chi connectivity index (χ2n) is 7.96. The van der Waals surface area contributed by atoms with E-state index in [9.17, 15) is 18.0 Å². The van der Waals surface area contributed by atoms with Crippen molar-refractivity contribution >= 4 is 38.6 Å². The van der Waals surface area contributed by atoms with Gasteiger partial charge in [0.15, 0.2) is 0 Å². The highest BCUT2D eigenvalue weighted by molar-refractivity contribution is 7.92. The zero-order valence-electron chi connectivity index (χ0n) is 18.2. The molecule has 1 fully saturated rings. The molecule has 172 valence electrons. The predicted molar refractivity (Wildman–Crippen MR) is 124 cm³/mol. The van der Waals surface area contributed by atoms with E-state index < -0.39 is 33.3 Å². The molecule has 1 aliphatic rings. The summed E-state index contributed by atoms with van der Waals surface area (Å²) in [5, 5.41) is 5.53. The van der Waals surface area contributed by atoms with Crippen LogP contribution in [0.3, 0.4) is 0 Å². The Morgan fingerprint density at radius 3 is 2.48 bits per heavy atom. The molecule has 1 saturated heterocycles. The van der Waals surface area contributed by atoms with Gasteiger partial charge in [-0.15, -0.1) is 0 Å². The first kappa shape index (κ1) is 22.5. The van der Waals surface area contributed by atoms with Crippen molar-refractivity contribution in [2.75, 3.05) is 10.5 Å². The molecule has 0 aliphatic carbocycles. The van der Waals surface area contributed by atoms with E-state index in [2.05, 4.69) is 20.3 Å². The molecule has 1 aliphatic heterocycles. The van der Waals surface area contributed by atoms with Crippen LogP contribution in [0, 0.1) is 6.92 Å². The van der Waals surface area contributed by atoms with E-state index in [1.165, 1.54) is 0 Å². The summed E-state index contributed by atoms with van der Waals surface area (Å²) in [5.41, 5.74) is 1.64. The van der Waals surface area contributed by atoms with E-state index in [1.54, 1.807) is 31.2 Å². The minimum absolute atomic E-state index is 0.140. The SMILES string of the molecule is CCC1(CS(=O)(=O)Nc2ccc(OCc3cc(C)nc4ccccc34)cc2)NC(=O)NC1=O. The lowest BCUT2D eigenvalue weighted by Gasteiger charge is -2.24. The van der Waals surface area contributed by atoms with Gasteiger partial charge in [0.25, 0.3) is 5.91 Å². The Hall–Kier alpha value is -3.66. The number of benzene rings is 2. The summed E-state index contributed by atoms with van der Waals surface area (Å²) in [6.45, 7) is 3.91. The van der Waals surface area contributed by atoms with Crippen LogP contribution in [0.15, 0.2) is 54.6 Å². The number of carbonyl (C=O) groups is 2. The lowest BCUT2D eigenvalue weighted by atomic mass is 10.00. The summed E-state index contributed by atoms with van der Waals surface area (Å²) < 4.78 is 33.6. The highest BCUT2D eigenvalue weighted by Crippen LogP contribution is 2.23. The maximum atomic E-state index is 12.6. The second kappa shape index (κ2) is 8.70. The zero-order chi connectivity index (χ0) is 23.6. The first-order valence-corrected chi connectivity index (χ1v) is 12.1. The number of rotatable bonds is 8. The van der Waals surface area contributed by atoms with Crippen molar-refractivity contribution in [2.24, 2.45) is 0 Å². The van der Waals surface area contributed by atoms with E-state index in [-0.39, 0.29) is 6.42 Å². The number of aryl methyl sites for hydroxylation is 1. The average molecular weight is 469 g/mol. The van der Waals surface area contributed by atoms with Gasteiger partial charge in [0.1, 0.15) is 23.6 Å². The molecule has 0 saturated carbocycles. The second-order valence-corrected chi connectivity index (χ2v) is 9.68. The topological polar surface area (TPSA) is 126 Å². The number of pyridine rings is 1. The number of hydrogen-bond acceptors (Lipinski definition) is 6. The number of hydrogen-bond donors (Lipinski definition) is 3. The summed E-state index contributed by atoms with van der Waals surface area (Å²) in [6.07, 6.45) is 0.140. The molecule has 3 N–H and O–H groups in total. The fourth-order valence-corrected chi connectivity index (χ4v) is 5.44. The summed E-state index contributed by atoms with van der Waals surface area (Å²) >= 11 is 0. The van der Waals surface area contributed by atoms with E-state index in [0.29, 0.717) is 18.0 Å². The number of anilines is 1. The summed E-state index contributed by atoms with van der Waals surface area (Å²) in [6, 6.07) is 15.6. The molecule has 3 aromatic rings. The van der Waals surface area contributed by atoms with Gasteiger partial charge in [0.05, 0.1) is 5.52 Å². The van der Waals surface area contributed by atoms with Gasteiger partial charge >= 0.3 is 6.03 Å². The van der Waals surface area contributed by atoms with Crippen molar-refractivity contribution < 1.29 is 22.7 Å². The fourth-order valence-electron chi connectivity index (χ4n) is 3.82. The van der Waals surface area contributed by atoms with Gasteiger partial charge in [0, 0.05) is 22.3 Å². The Morgan fingerprint density at radius 1 is 1.09 bits per heavy atom. The predicted octanol–water partition coefficient (Wildman–Crippen LogP) is 2.85. The van der Waals surface area contributed by atoms with E-state index >= 15 is 0 Å². The number of nitrogens with zero attached hydrogens (tertiary/aromatic N) is 1. The van der Waals surface area contributed by atoms with Gasteiger partial charge < -0.3 is 10.1 Å². The average Bonchev–Trinajstić information content (AvgIpc) is 3.05. The van der Waals surface area contributed by atoms with Gasteiger partial charge in [0.2, 0.25) is 10.0 Å². The molecule has 4 rings (SSSR count). The molecule has 1 aromatic heterocycles. The number of carbonyl (C=O) groups excluding carboxylic acids is 2. The minimum atomic E-state index is -3.92. The number of fused-ring (bicyclic) bond motifs is 1. The molecule has 10 heteroatoms. The van der Waals surface area contributed by atoms with Crippen molar-refractivity contribution in [3.05, 3.63) is 65.9 Å². The molecular weight excluding hydrogens is 444 g/mol. The number of sulfonamides is 1. The van der Waals surface area contributed by atoms with Gasteiger partial charge in [-0.25, -0.2) is 13.2 Å². The van der Waals surface area contributed by atoms with E-state index in [4.69, 9.17) is 4.74 Å². The third kappa shape index (κ3) is 4.90. The molecule has 2 heterocycles. The monoisotopic (exact) mass is 468 g/mol. The number of urea groups is 1. The van der Waals surface area contributed by atoms with Crippen LogP contribution in [0.4, 0.5) is 10.5 Å². The Balaban J connectivity index is 1.43. The molecule has 33 heavy (non-hydrogen) atoms. The highest BCUT2D eigenvalue weighted by atomic mass is 32.2. The fraction of sp³-hybridized carbons (Fsp3) is 0.261. The molecule has 0 bridgehead atoms. The van der Waals surface area contributed by atoms with Gasteiger partial charge in [-0.2, -0.15) is 0 Å². The smallest absolute Gasteiger partial charge is 0.322 e. The van der Waals surface area contributed by atoms with Gasteiger partial charge in [-0.05, 0) is 49.7 Å². The van der Waals surface area contributed by atoms with Crippen LogP contribution < -0.4 is 20.1 Å². The molecule has 0 radical (unpaired) electrons. The number of nitrogens with one attached hydrogen (secondary N) is 3. The standard InChI is InChI=1S/C23H24N4O5S/c1-3-23(21(28)25-22(29)26-23)14-33(30,31)27-17-8-10-18(11-9-17)32-13-16-12-15(2)24-20-7-5-4-6-19(16)20/h4-12,27H,3,13-14H2,1-2H3,(H2,25,26,28,29). The minimum Gasteiger partial charge on any atom is -0.489 e. The van der Waals surface area contributed by atoms with Crippen LogP contribution in [-0.4, -0.2) is 36.6 Å². The van der Waals surface area contributed by atoms with Crippen LogP contribution in [0.1, 0.15) is 24.6 Å². The van der Waals surface area contributed by atoms with Crippen LogP contribution in [0.5, 0.6) is 5.75 Å². The summed E-state index contributed by atoms with van der Waals surface area (Å²) in [4.78, 5) is 28.1. The Bertz CT molecular complexity index is 1320. The van der Waals surface area contributed by atoms with E-state index in [0.717, 1.165) is 22.2 Å². The molecule has 0 spiro atoms. The van der Waals surface area contributed by atoms with Crippen molar-refractivity contribution in [1.82, 2.24) is 15.6 Å². The molecule has 3 amide bonds. The largest absolute Gasteiger partial charge is 0.489 e. The molecular formula is C23H24N4O5S. The normalized spacial score (nSPS) is 18.1. The lowest BCUT2D eigenvalue weighted by Crippen LogP contribution is -2.52. The first-order valence-electron chi connectivity index (χ1n) is 10.4. The number of aromatic nitrogens is 1. The van der Waals surface area contributed by atoms with Gasteiger partial charge in [-0.1, -0.05) is 25.1 Å². The van der Waals surface area contributed by atoms with Crippen LogP contribution in [-0.2, 0) is 21.4 Å². The lowest BCUT2D eigenvalue weighted by molar-refractivity contribution is -0.123. The number of amides is 3. The van der Waals surface area contributed by atoms with Crippen LogP contribution >= 0.6 is 0 Å². The zero-order valence-corrected chi connectivity index (χ0v) is 19.0.